The van der Waals surface area contributed by atoms with Crippen LogP contribution in [0.15, 0.2) is 30.3 Å². The predicted octanol–water partition coefficient (Wildman–Crippen LogP) is 4.49. The maximum absolute atomic E-state index is 11.6. The van der Waals surface area contributed by atoms with Gasteiger partial charge in [0.2, 0.25) is 0 Å². The molecule has 3 nitrogen and oxygen atoms in total. The third-order valence-corrected chi connectivity index (χ3v) is 3.31. The van der Waals surface area contributed by atoms with Crippen molar-refractivity contribution in [3.8, 4) is 0 Å². The van der Waals surface area contributed by atoms with Gasteiger partial charge in [0, 0.05) is 6.54 Å². The maximum atomic E-state index is 11.6. The van der Waals surface area contributed by atoms with Gasteiger partial charge in [-0.1, -0.05) is 70.1 Å². The molecule has 0 fully saturated rings. The monoisotopic (exact) mass is 277 g/mol. The summed E-state index contributed by atoms with van der Waals surface area (Å²) in [6.45, 7) is 2.97. The van der Waals surface area contributed by atoms with Gasteiger partial charge in [0.25, 0.3) is 0 Å². The van der Waals surface area contributed by atoms with Gasteiger partial charge in [-0.3, -0.25) is 0 Å². The number of carbonyl (C=O) groups excluding carboxylic acids is 1. The lowest BCUT2D eigenvalue weighted by Crippen LogP contribution is -2.21. The fourth-order valence-corrected chi connectivity index (χ4v) is 2.08. The van der Waals surface area contributed by atoms with Crippen LogP contribution in [0.4, 0.5) is 0 Å². The Hall–Kier alpha value is -1.35. The lowest BCUT2D eigenvalue weighted by atomic mass is 10.1. The van der Waals surface area contributed by atoms with E-state index in [2.05, 4.69) is 12.4 Å². The second-order valence-electron chi connectivity index (χ2n) is 5.12. The van der Waals surface area contributed by atoms with Crippen molar-refractivity contribution < 1.29 is 9.63 Å². The summed E-state index contributed by atoms with van der Waals surface area (Å²) < 4.78 is 0. The van der Waals surface area contributed by atoms with Crippen LogP contribution < -0.4 is 5.48 Å². The molecule has 0 radical (unpaired) electrons. The smallest absolute Gasteiger partial charge is 0.356 e. The Balaban J connectivity index is 1.91. The van der Waals surface area contributed by atoms with E-state index < -0.39 is 0 Å². The molecule has 0 aliphatic carbocycles. The molecule has 0 aliphatic rings. The topological polar surface area (TPSA) is 38.3 Å². The lowest BCUT2D eigenvalue weighted by molar-refractivity contribution is 0.0251. The Morgan fingerprint density at radius 2 is 1.55 bits per heavy atom. The van der Waals surface area contributed by atoms with E-state index in [0.29, 0.717) is 5.56 Å². The van der Waals surface area contributed by atoms with Crippen molar-refractivity contribution >= 4 is 5.97 Å². The predicted molar refractivity (Wildman–Crippen MR) is 82.5 cm³/mol. The number of hydrogen-bond donors (Lipinski definition) is 1. The fraction of sp³-hybridized carbons (Fsp3) is 0.588. The molecule has 0 bridgehead atoms. The van der Waals surface area contributed by atoms with Crippen molar-refractivity contribution in [3.63, 3.8) is 0 Å². The largest absolute Gasteiger partial charge is 0.367 e. The van der Waals surface area contributed by atoms with E-state index >= 15 is 0 Å². The molecule has 0 amide bonds. The average Bonchev–Trinajstić information content (AvgIpc) is 2.50. The maximum Gasteiger partial charge on any atom is 0.356 e. The Kier molecular flexibility index (Phi) is 9.58. The second-order valence-corrected chi connectivity index (χ2v) is 5.12. The van der Waals surface area contributed by atoms with Crippen LogP contribution in [0.3, 0.4) is 0 Å². The van der Waals surface area contributed by atoms with Gasteiger partial charge in [-0.15, -0.1) is 0 Å². The van der Waals surface area contributed by atoms with E-state index in [1.807, 2.05) is 18.2 Å². The first-order valence-electron chi connectivity index (χ1n) is 7.83. The van der Waals surface area contributed by atoms with Crippen LogP contribution in [-0.4, -0.2) is 12.5 Å². The Morgan fingerprint density at radius 1 is 0.950 bits per heavy atom. The van der Waals surface area contributed by atoms with E-state index in [1.165, 1.54) is 44.9 Å². The summed E-state index contributed by atoms with van der Waals surface area (Å²) in [6.07, 6.45) is 10.2. The zero-order valence-corrected chi connectivity index (χ0v) is 12.6. The SMILES string of the molecule is CCCCCCCCCCNOC(=O)c1ccccc1. The number of benzene rings is 1. The minimum atomic E-state index is -0.315. The van der Waals surface area contributed by atoms with Gasteiger partial charge in [0.15, 0.2) is 0 Å². The van der Waals surface area contributed by atoms with Gasteiger partial charge >= 0.3 is 5.97 Å². The van der Waals surface area contributed by atoms with Crippen LogP contribution in [0, 0.1) is 0 Å². The van der Waals surface area contributed by atoms with E-state index in [0.717, 1.165) is 13.0 Å². The van der Waals surface area contributed by atoms with Gasteiger partial charge in [0.1, 0.15) is 0 Å². The van der Waals surface area contributed by atoms with E-state index in [1.54, 1.807) is 12.1 Å². The van der Waals surface area contributed by atoms with Crippen LogP contribution in [0.25, 0.3) is 0 Å². The van der Waals surface area contributed by atoms with E-state index in [-0.39, 0.29) is 5.97 Å². The molecule has 1 rings (SSSR count). The van der Waals surface area contributed by atoms with Crippen molar-refractivity contribution in [1.29, 1.82) is 0 Å². The number of rotatable bonds is 11. The normalized spacial score (nSPS) is 10.4. The summed E-state index contributed by atoms with van der Waals surface area (Å²) in [5.41, 5.74) is 3.32. The summed E-state index contributed by atoms with van der Waals surface area (Å²) in [4.78, 5) is 16.6. The standard InChI is InChI=1S/C17H27NO2/c1-2-3-4-5-6-7-8-12-15-18-20-17(19)16-13-10-9-11-14-16/h9-11,13-14,18H,2-8,12,15H2,1H3. The minimum absolute atomic E-state index is 0.315. The number of nitrogens with one attached hydrogen (secondary N) is 1. The van der Waals surface area contributed by atoms with E-state index in [4.69, 9.17) is 4.84 Å². The molecule has 1 aromatic carbocycles. The van der Waals surface area contributed by atoms with Gasteiger partial charge < -0.3 is 4.84 Å². The fourth-order valence-electron chi connectivity index (χ4n) is 2.08. The zero-order valence-electron chi connectivity index (χ0n) is 12.6. The summed E-state index contributed by atoms with van der Waals surface area (Å²) in [6, 6.07) is 9.04. The molecule has 1 aromatic rings. The molecule has 0 spiro atoms. The molecule has 0 aliphatic heterocycles. The summed E-state index contributed by atoms with van der Waals surface area (Å²) in [7, 11) is 0. The van der Waals surface area contributed by atoms with Crippen LogP contribution in [-0.2, 0) is 4.84 Å². The third kappa shape index (κ3) is 7.95. The van der Waals surface area contributed by atoms with Crippen molar-refractivity contribution in [1.82, 2.24) is 5.48 Å². The highest BCUT2D eigenvalue weighted by Crippen LogP contribution is 2.08. The number of unbranched alkanes of at least 4 members (excludes halogenated alkanes) is 7. The highest BCUT2D eigenvalue weighted by molar-refractivity contribution is 5.89. The molecule has 0 atom stereocenters. The molecule has 1 N–H and O–H groups in total. The molecule has 0 saturated heterocycles. The van der Waals surface area contributed by atoms with Gasteiger partial charge in [-0.25, -0.2) is 4.79 Å². The van der Waals surface area contributed by atoms with Crippen LogP contribution in [0.1, 0.15) is 68.6 Å². The van der Waals surface area contributed by atoms with Crippen LogP contribution >= 0.6 is 0 Å². The molecule has 0 saturated carbocycles. The number of hydroxylamine groups is 1. The first-order valence-corrected chi connectivity index (χ1v) is 7.83. The summed E-state index contributed by atoms with van der Waals surface area (Å²) in [5, 5.41) is 0. The highest BCUT2D eigenvalue weighted by Gasteiger charge is 2.04. The van der Waals surface area contributed by atoms with Gasteiger partial charge in [-0.05, 0) is 18.6 Å². The molecule has 112 valence electrons. The van der Waals surface area contributed by atoms with Crippen LogP contribution in [0.2, 0.25) is 0 Å². The zero-order chi connectivity index (χ0) is 14.5. The molecule has 0 unspecified atom stereocenters. The Bertz CT molecular complexity index is 351. The van der Waals surface area contributed by atoms with Gasteiger partial charge in [0.05, 0.1) is 5.56 Å². The summed E-state index contributed by atoms with van der Waals surface area (Å²) in [5.74, 6) is -0.315. The van der Waals surface area contributed by atoms with Gasteiger partial charge in [-0.2, -0.15) is 5.48 Å². The average molecular weight is 277 g/mol. The quantitative estimate of drug-likeness (QED) is 0.478. The Labute approximate surface area is 122 Å². The van der Waals surface area contributed by atoms with Crippen molar-refractivity contribution in [2.45, 2.75) is 58.3 Å². The first kappa shape index (κ1) is 16.7. The van der Waals surface area contributed by atoms with E-state index in [9.17, 15) is 4.79 Å². The molecule has 20 heavy (non-hydrogen) atoms. The van der Waals surface area contributed by atoms with Crippen molar-refractivity contribution in [3.05, 3.63) is 35.9 Å². The van der Waals surface area contributed by atoms with Crippen LogP contribution in [0.5, 0.6) is 0 Å². The lowest BCUT2D eigenvalue weighted by Gasteiger charge is -2.05. The second kappa shape index (κ2) is 11.5. The Morgan fingerprint density at radius 3 is 2.20 bits per heavy atom. The first-order chi connectivity index (χ1) is 9.84. The summed E-state index contributed by atoms with van der Waals surface area (Å²) >= 11 is 0. The van der Waals surface area contributed by atoms with Crippen molar-refractivity contribution in [2.75, 3.05) is 6.54 Å². The molecule has 0 heterocycles. The van der Waals surface area contributed by atoms with Crippen molar-refractivity contribution in [2.24, 2.45) is 0 Å². The number of carbonyl (C=O) groups is 1. The highest BCUT2D eigenvalue weighted by atomic mass is 16.7. The minimum Gasteiger partial charge on any atom is -0.367 e. The molecule has 3 heteroatoms. The third-order valence-electron chi connectivity index (χ3n) is 3.31. The molecular formula is C17H27NO2. The number of hydrogen-bond acceptors (Lipinski definition) is 3. The molecular weight excluding hydrogens is 250 g/mol. The molecule has 0 aromatic heterocycles.